The van der Waals surface area contributed by atoms with Crippen molar-refractivity contribution in [3.05, 3.63) is 29.6 Å². The van der Waals surface area contributed by atoms with Gasteiger partial charge in [-0.05, 0) is 11.5 Å². The van der Waals surface area contributed by atoms with Gasteiger partial charge in [-0.15, -0.1) is 12.4 Å². The van der Waals surface area contributed by atoms with Gasteiger partial charge in [0.25, 0.3) is 0 Å². The lowest BCUT2D eigenvalue weighted by atomic mass is 9.83. The van der Waals surface area contributed by atoms with Crippen molar-refractivity contribution in [1.82, 2.24) is 0 Å². The molecule has 86 valence electrons. The fourth-order valence-corrected chi connectivity index (χ4v) is 1.23. The Kier molecular flexibility index (Phi) is 4.56. The third-order valence-corrected chi connectivity index (χ3v) is 2.25. The Morgan fingerprint density at radius 2 is 1.87 bits per heavy atom. The number of benzene rings is 1. The van der Waals surface area contributed by atoms with Crippen LogP contribution in [0.1, 0.15) is 32.4 Å². The topological polar surface area (TPSA) is 46.2 Å². The van der Waals surface area contributed by atoms with E-state index in [9.17, 15) is 4.39 Å². The molecule has 0 radical (unpaired) electrons. The van der Waals surface area contributed by atoms with Gasteiger partial charge in [-0.25, -0.2) is 4.39 Å². The molecule has 0 saturated heterocycles. The number of aromatic hydroxyl groups is 1. The van der Waals surface area contributed by atoms with Crippen molar-refractivity contribution >= 4 is 12.4 Å². The maximum Gasteiger partial charge on any atom is 0.131 e. The van der Waals surface area contributed by atoms with Crippen LogP contribution in [0.3, 0.4) is 0 Å². The lowest BCUT2D eigenvalue weighted by molar-refractivity contribution is 0.318. The number of hydrogen-bond donors (Lipinski definition) is 2. The standard InChI is InChI=1S/C11H16FNO.ClH/c1-11(2,3)10(13)8-5-4-7(14)6-9(8)12;/h4-6,10,14H,13H2,1-3H3;1H/t10-;/m1./s1. The van der Waals surface area contributed by atoms with Gasteiger partial charge in [-0.3, -0.25) is 0 Å². The van der Waals surface area contributed by atoms with Crippen LogP contribution in [0, 0.1) is 11.2 Å². The van der Waals surface area contributed by atoms with Gasteiger partial charge in [0.1, 0.15) is 11.6 Å². The molecular weight excluding hydrogens is 217 g/mol. The van der Waals surface area contributed by atoms with Gasteiger partial charge in [0, 0.05) is 17.7 Å². The van der Waals surface area contributed by atoms with Crippen molar-refractivity contribution in [1.29, 1.82) is 0 Å². The third kappa shape index (κ3) is 3.36. The molecule has 0 bridgehead atoms. The van der Waals surface area contributed by atoms with Crippen LogP contribution in [-0.4, -0.2) is 5.11 Å². The highest BCUT2D eigenvalue weighted by atomic mass is 35.5. The summed E-state index contributed by atoms with van der Waals surface area (Å²) in [7, 11) is 0. The zero-order valence-corrected chi connectivity index (χ0v) is 9.94. The van der Waals surface area contributed by atoms with Crippen molar-refractivity contribution in [3.8, 4) is 5.75 Å². The molecule has 0 saturated carbocycles. The zero-order chi connectivity index (χ0) is 10.9. The van der Waals surface area contributed by atoms with Crippen LogP contribution in [-0.2, 0) is 0 Å². The van der Waals surface area contributed by atoms with Crippen LogP contribution < -0.4 is 5.73 Å². The molecule has 0 aliphatic carbocycles. The summed E-state index contributed by atoms with van der Waals surface area (Å²) in [5.74, 6) is -0.528. The molecule has 0 fully saturated rings. The predicted molar refractivity (Wildman–Crippen MR) is 61.7 cm³/mol. The summed E-state index contributed by atoms with van der Waals surface area (Å²) < 4.78 is 13.4. The number of phenolic OH excluding ortho intramolecular Hbond substituents is 1. The molecular formula is C11H17ClFNO. The van der Waals surface area contributed by atoms with Crippen molar-refractivity contribution in [3.63, 3.8) is 0 Å². The number of nitrogens with two attached hydrogens (primary N) is 1. The van der Waals surface area contributed by atoms with E-state index < -0.39 is 5.82 Å². The zero-order valence-electron chi connectivity index (χ0n) is 9.12. The highest BCUT2D eigenvalue weighted by Crippen LogP contribution is 2.32. The Balaban J connectivity index is 0.00000196. The minimum Gasteiger partial charge on any atom is -0.508 e. The highest BCUT2D eigenvalue weighted by molar-refractivity contribution is 5.85. The van der Waals surface area contributed by atoms with Crippen LogP contribution >= 0.6 is 12.4 Å². The Bertz CT molecular complexity index is 336. The van der Waals surface area contributed by atoms with Crippen molar-refractivity contribution in [2.24, 2.45) is 11.1 Å². The van der Waals surface area contributed by atoms with E-state index in [0.717, 1.165) is 6.07 Å². The van der Waals surface area contributed by atoms with Gasteiger partial charge >= 0.3 is 0 Å². The second-order valence-electron chi connectivity index (χ2n) is 4.55. The highest BCUT2D eigenvalue weighted by Gasteiger charge is 2.24. The first kappa shape index (κ1) is 14.2. The monoisotopic (exact) mass is 233 g/mol. The van der Waals surface area contributed by atoms with E-state index in [-0.39, 0.29) is 29.6 Å². The van der Waals surface area contributed by atoms with Crippen molar-refractivity contribution < 1.29 is 9.50 Å². The minimum atomic E-state index is -0.451. The lowest BCUT2D eigenvalue weighted by Crippen LogP contribution is -2.27. The average molecular weight is 234 g/mol. The maximum atomic E-state index is 13.4. The second kappa shape index (κ2) is 4.81. The summed E-state index contributed by atoms with van der Waals surface area (Å²) >= 11 is 0. The largest absolute Gasteiger partial charge is 0.508 e. The molecule has 2 nitrogen and oxygen atoms in total. The second-order valence-corrected chi connectivity index (χ2v) is 4.55. The molecule has 1 rings (SSSR count). The fourth-order valence-electron chi connectivity index (χ4n) is 1.23. The summed E-state index contributed by atoms with van der Waals surface area (Å²) in [5, 5.41) is 9.04. The average Bonchev–Trinajstić information content (AvgIpc) is 2.01. The van der Waals surface area contributed by atoms with Crippen LogP contribution in [0.15, 0.2) is 18.2 Å². The van der Waals surface area contributed by atoms with E-state index in [1.807, 2.05) is 20.8 Å². The van der Waals surface area contributed by atoms with Gasteiger partial charge in [-0.2, -0.15) is 0 Å². The van der Waals surface area contributed by atoms with E-state index in [2.05, 4.69) is 0 Å². The first-order chi connectivity index (χ1) is 6.32. The Hall–Kier alpha value is -0.800. The molecule has 0 aliphatic heterocycles. The number of hydrogen-bond acceptors (Lipinski definition) is 2. The van der Waals surface area contributed by atoms with Crippen LogP contribution in [0.4, 0.5) is 4.39 Å². The SMILES string of the molecule is CC(C)(C)[C@H](N)c1ccc(O)cc1F.Cl. The van der Waals surface area contributed by atoms with Crippen molar-refractivity contribution in [2.75, 3.05) is 0 Å². The molecule has 0 aliphatic rings. The van der Waals surface area contributed by atoms with Gasteiger partial charge in [0.15, 0.2) is 0 Å². The van der Waals surface area contributed by atoms with Gasteiger partial charge in [0.2, 0.25) is 0 Å². The minimum absolute atomic E-state index is 0. The summed E-state index contributed by atoms with van der Waals surface area (Å²) in [6.45, 7) is 5.85. The Morgan fingerprint density at radius 1 is 1.33 bits per heavy atom. The van der Waals surface area contributed by atoms with E-state index >= 15 is 0 Å². The fraction of sp³-hybridized carbons (Fsp3) is 0.455. The number of phenols is 1. The number of rotatable bonds is 1. The molecule has 15 heavy (non-hydrogen) atoms. The molecule has 0 unspecified atom stereocenters. The normalized spacial score (nSPS) is 13.1. The summed E-state index contributed by atoms with van der Waals surface area (Å²) in [6, 6.07) is 3.69. The maximum absolute atomic E-state index is 13.4. The van der Waals surface area contributed by atoms with Crippen LogP contribution in [0.25, 0.3) is 0 Å². The molecule has 3 N–H and O–H groups in total. The predicted octanol–water partition coefficient (Wildman–Crippen LogP) is 3.00. The quantitative estimate of drug-likeness (QED) is 0.783. The summed E-state index contributed by atoms with van der Waals surface area (Å²) in [5.41, 5.74) is 6.14. The van der Waals surface area contributed by atoms with E-state index in [1.54, 1.807) is 0 Å². The Morgan fingerprint density at radius 3 is 2.27 bits per heavy atom. The molecule has 1 aromatic rings. The molecule has 0 spiro atoms. The number of halogens is 2. The summed E-state index contributed by atoms with van der Waals surface area (Å²) in [4.78, 5) is 0. The molecule has 4 heteroatoms. The molecule has 1 aromatic carbocycles. The summed E-state index contributed by atoms with van der Waals surface area (Å²) in [6.07, 6.45) is 0. The van der Waals surface area contributed by atoms with Crippen LogP contribution in [0.2, 0.25) is 0 Å². The van der Waals surface area contributed by atoms with E-state index in [1.165, 1.54) is 12.1 Å². The van der Waals surface area contributed by atoms with Gasteiger partial charge < -0.3 is 10.8 Å². The smallest absolute Gasteiger partial charge is 0.131 e. The van der Waals surface area contributed by atoms with E-state index in [4.69, 9.17) is 10.8 Å². The van der Waals surface area contributed by atoms with Gasteiger partial charge in [-0.1, -0.05) is 26.8 Å². The first-order valence-corrected chi connectivity index (χ1v) is 4.56. The lowest BCUT2D eigenvalue weighted by Gasteiger charge is -2.27. The third-order valence-electron chi connectivity index (χ3n) is 2.25. The molecule has 0 heterocycles. The molecule has 0 amide bonds. The Labute approximate surface area is 95.7 Å². The molecule has 0 aromatic heterocycles. The van der Waals surface area contributed by atoms with Crippen molar-refractivity contribution in [2.45, 2.75) is 26.8 Å². The molecule has 1 atom stereocenters. The first-order valence-electron chi connectivity index (χ1n) is 4.56. The van der Waals surface area contributed by atoms with Gasteiger partial charge in [0.05, 0.1) is 0 Å². The van der Waals surface area contributed by atoms with E-state index in [0.29, 0.717) is 5.56 Å². The van der Waals surface area contributed by atoms with Crippen LogP contribution in [0.5, 0.6) is 5.75 Å².